The summed E-state index contributed by atoms with van der Waals surface area (Å²) >= 11 is 1.62. The van der Waals surface area contributed by atoms with Gasteiger partial charge in [-0.05, 0) is 12.1 Å². The summed E-state index contributed by atoms with van der Waals surface area (Å²) in [4.78, 5) is 4.33. The van der Waals surface area contributed by atoms with Crippen LogP contribution >= 0.6 is 11.3 Å². The first-order valence-electron chi connectivity index (χ1n) is 3.69. The van der Waals surface area contributed by atoms with Crippen LogP contribution in [0.2, 0.25) is 0 Å². The Morgan fingerprint density at radius 3 is 3.00 bits per heavy atom. The summed E-state index contributed by atoms with van der Waals surface area (Å²) in [7, 11) is 0. The van der Waals surface area contributed by atoms with E-state index in [0.717, 1.165) is 10.6 Å². The second-order valence-electron chi connectivity index (χ2n) is 2.37. The fraction of sp³-hybridized carbons (Fsp3) is 0.125. The highest BCUT2D eigenvalue weighted by Crippen LogP contribution is 2.24. The van der Waals surface area contributed by atoms with Crippen LogP contribution in [0.3, 0.4) is 0 Å². The maximum atomic E-state index is 5.34. The van der Waals surface area contributed by atoms with E-state index in [1.54, 1.807) is 11.3 Å². The van der Waals surface area contributed by atoms with Gasteiger partial charge in [0, 0.05) is 0 Å². The fourth-order valence-electron chi connectivity index (χ4n) is 1.04. The lowest BCUT2D eigenvalue weighted by Gasteiger charge is -1.92. The Labute approximate surface area is 74.2 Å². The van der Waals surface area contributed by atoms with Crippen molar-refractivity contribution in [2.24, 2.45) is 5.73 Å². The van der Waals surface area contributed by atoms with Crippen LogP contribution in [0, 0.1) is 0 Å². The molecule has 0 aliphatic heterocycles. The van der Waals surface area contributed by atoms with Gasteiger partial charge in [-0.25, -0.2) is 4.98 Å². The van der Waals surface area contributed by atoms with E-state index in [2.05, 4.69) is 16.4 Å². The zero-order valence-corrected chi connectivity index (χ0v) is 7.27. The second kappa shape index (κ2) is 3.08. The summed E-state index contributed by atoms with van der Waals surface area (Å²) in [5.41, 5.74) is 6.36. The van der Waals surface area contributed by atoms with Crippen molar-refractivity contribution in [3.05, 3.63) is 24.3 Å². The van der Waals surface area contributed by atoms with Crippen LogP contribution in [0.5, 0.6) is 0 Å². The van der Waals surface area contributed by atoms with Gasteiger partial charge >= 0.3 is 0 Å². The summed E-state index contributed by atoms with van der Waals surface area (Å²) in [6.45, 7) is 0.430. The molecule has 2 aromatic rings. The van der Waals surface area contributed by atoms with Crippen molar-refractivity contribution in [2.75, 3.05) is 12.0 Å². The van der Waals surface area contributed by atoms with E-state index in [1.165, 1.54) is 4.70 Å². The highest BCUT2D eigenvalue weighted by atomic mass is 32.1. The lowest BCUT2D eigenvalue weighted by atomic mass is 10.3. The number of hydrogen-bond donors (Lipinski definition) is 2. The van der Waals surface area contributed by atoms with Crippen molar-refractivity contribution in [3.8, 4) is 0 Å². The Bertz CT molecular complexity index is 349. The molecule has 0 aliphatic rings. The summed E-state index contributed by atoms with van der Waals surface area (Å²) in [6.07, 6.45) is 0. The molecule has 0 fully saturated rings. The highest BCUT2D eigenvalue weighted by Gasteiger charge is 1.99. The van der Waals surface area contributed by atoms with E-state index in [1.807, 2.05) is 18.2 Å². The maximum Gasteiger partial charge on any atom is 0.184 e. The van der Waals surface area contributed by atoms with Crippen molar-refractivity contribution in [1.29, 1.82) is 0 Å². The van der Waals surface area contributed by atoms with E-state index in [9.17, 15) is 0 Å². The van der Waals surface area contributed by atoms with Crippen molar-refractivity contribution in [2.45, 2.75) is 0 Å². The largest absolute Gasteiger partial charge is 0.349 e. The van der Waals surface area contributed by atoms with Crippen molar-refractivity contribution < 1.29 is 0 Å². The molecule has 12 heavy (non-hydrogen) atoms. The van der Waals surface area contributed by atoms with Crippen LogP contribution in [-0.4, -0.2) is 11.7 Å². The van der Waals surface area contributed by atoms with Gasteiger partial charge in [-0.15, -0.1) is 0 Å². The summed E-state index contributed by atoms with van der Waals surface area (Å²) < 4.78 is 1.19. The molecule has 0 atom stereocenters. The van der Waals surface area contributed by atoms with E-state index in [-0.39, 0.29) is 0 Å². The van der Waals surface area contributed by atoms with Crippen LogP contribution in [0.15, 0.2) is 24.3 Å². The molecule has 0 saturated heterocycles. The van der Waals surface area contributed by atoms with Crippen molar-refractivity contribution >= 4 is 26.7 Å². The summed E-state index contributed by atoms with van der Waals surface area (Å²) in [5, 5.41) is 3.87. The van der Waals surface area contributed by atoms with Gasteiger partial charge in [0.25, 0.3) is 0 Å². The van der Waals surface area contributed by atoms with Gasteiger partial charge in [0.15, 0.2) is 5.13 Å². The number of rotatable bonds is 2. The van der Waals surface area contributed by atoms with Gasteiger partial charge < -0.3 is 11.1 Å². The van der Waals surface area contributed by atoms with Gasteiger partial charge in [-0.1, -0.05) is 23.5 Å². The first-order valence-corrected chi connectivity index (χ1v) is 4.51. The molecule has 0 bridgehead atoms. The maximum absolute atomic E-state index is 5.34. The first-order chi connectivity index (χ1) is 5.90. The zero-order chi connectivity index (χ0) is 8.39. The van der Waals surface area contributed by atoms with Crippen LogP contribution in [0.4, 0.5) is 5.13 Å². The molecule has 0 saturated carbocycles. The average molecular weight is 179 g/mol. The number of aromatic nitrogens is 1. The number of benzene rings is 1. The SMILES string of the molecule is NCNc1nc2ccccc2s1. The third-order valence-corrected chi connectivity index (χ3v) is 2.54. The van der Waals surface area contributed by atoms with Crippen molar-refractivity contribution in [1.82, 2.24) is 4.98 Å². The number of para-hydroxylation sites is 1. The first kappa shape index (κ1) is 7.52. The molecule has 1 heterocycles. The molecule has 0 aliphatic carbocycles. The minimum absolute atomic E-state index is 0.430. The quantitative estimate of drug-likeness (QED) is 0.689. The third kappa shape index (κ3) is 1.26. The van der Waals surface area contributed by atoms with Gasteiger partial charge in [0.05, 0.1) is 16.9 Å². The predicted molar refractivity (Wildman–Crippen MR) is 52.3 cm³/mol. The smallest absolute Gasteiger partial charge is 0.184 e. The van der Waals surface area contributed by atoms with E-state index in [4.69, 9.17) is 5.73 Å². The molecule has 0 unspecified atom stereocenters. The Balaban J connectivity index is 2.47. The molecule has 0 radical (unpaired) electrons. The number of nitrogens with two attached hydrogens (primary N) is 1. The molecule has 3 N–H and O–H groups in total. The van der Waals surface area contributed by atoms with Crippen LogP contribution < -0.4 is 11.1 Å². The highest BCUT2D eigenvalue weighted by molar-refractivity contribution is 7.22. The Morgan fingerprint density at radius 1 is 1.42 bits per heavy atom. The third-order valence-electron chi connectivity index (χ3n) is 1.55. The van der Waals surface area contributed by atoms with E-state index < -0.39 is 0 Å². The molecule has 1 aromatic carbocycles. The standard InChI is InChI=1S/C8H9N3S/c9-5-10-8-11-6-3-1-2-4-7(6)12-8/h1-4H,5,9H2,(H,10,11). The number of anilines is 1. The number of thiazole rings is 1. The fourth-order valence-corrected chi connectivity index (χ4v) is 1.91. The van der Waals surface area contributed by atoms with E-state index >= 15 is 0 Å². The minimum Gasteiger partial charge on any atom is -0.349 e. The van der Waals surface area contributed by atoms with Gasteiger partial charge in [-0.2, -0.15) is 0 Å². The molecule has 2 rings (SSSR count). The van der Waals surface area contributed by atoms with Crippen LogP contribution in [0.25, 0.3) is 10.2 Å². The normalized spacial score (nSPS) is 10.4. The Morgan fingerprint density at radius 2 is 2.25 bits per heavy atom. The topological polar surface area (TPSA) is 50.9 Å². The lowest BCUT2D eigenvalue weighted by Crippen LogP contribution is -2.10. The number of nitrogens with zero attached hydrogens (tertiary/aromatic N) is 1. The summed E-state index contributed by atoms with van der Waals surface area (Å²) in [5.74, 6) is 0. The summed E-state index contributed by atoms with van der Waals surface area (Å²) in [6, 6.07) is 8.03. The van der Waals surface area contributed by atoms with Crippen LogP contribution in [-0.2, 0) is 0 Å². The molecule has 4 heteroatoms. The molecule has 0 spiro atoms. The van der Waals surface area contributed by atoms with Gasteiger partial charge in [-0.3, -0.25) is 0 Å². The lowest BCUT2D eigenvalue weighted by molar-refractivity contribution is 1.14. The monoisotopic (exact) mass is 179 g/mol. The Kier molecular flexibility index (Phi) is 1.93. The second-order valence-corrected chi connectivity index (χ2v) is 3.40. The molecular weight excluding hydrogens is 170 g/mol. The number of nitrogens with one attached hydrogen (secondary N) is 1. The minimum atomic E-state index is 0.430. The van der Waals surface area contributed by atoms with Gasteiger partial charge in [0.1, 0.15) is 0 Å². The molecule has 3 nitrogen and oxygen atoms in total. The Hall–Kier alpha value is -1.13. The molecular formula is C8H9N3S. The van der Waals surface area contributed by atoms with E-state index in [0.29, 0.717) is 6.67 Å². The number of fused-ring (bicyclic) bond motifs is 1. The predicted octanol–water partition coefficient (Wildman–Crippen LogP) is 1.62. The average Bonchev–Trinajstić information content (AvgIpc) is 2.47. The molecule has 0 amide bonds. The molecule has 62 valence electrons. The number of hydrogen-bond acceptors (Lipinski definition) is 4. The van der Waals surface area contributed by atoms with Gasteiger partial charge in [0.2, 0.25) is 0 Å². The molecule has 1 aromatic heterocycles. The zero-order valence-electron chi connectivity index (χ0n) is 6.45. The van der Waals surface area contributed by atoms with Crippen molar-refractivity contribution in [3.63, 3.8) is 0 Å². The van der Waals surface area contributed by atoms with Crippen LogP contribution in [0.1, 0.15) is 0 Å².